The zero-order valence-corrected chi connectivity index (χ0v) is 7.87. The Morgan fingerprint density at radius 3 is 2.79 bits per heavy atom. The van der Waals surface area contributed by atoms with Crippen LogP contribution >= 0.6 is 11.6 Å². The largest absolute Gasteiger partial charge is 0.390 e. The average Bonchev–Trinajstić information content (AvgIpc) is 2.12. The van der Waals surface area contributed by atoms with Crippen molar-refractivity contribution in [2.75, 3.05) is 0 Å². The molecule has 4 N–H and O–H groups in total. The van der Waals surface area contributed by atoms with E-state index in [-0.39, 0.29) is 11.0 Å². The van der Waals surface area contributed by atoms with Crippen LogP contribution in [0, 0.1) is 5.82 Å². The molecule has 0 heterocycles. The normalized spacial score (nSPS) is 12.3. The van der Waals surface area contributed by atoms with Gasteiger partial charge < -0.3 is 11.5 Å². The fraction of sp³-hybridized carbons (Fsp3) is 0. The SMILES string of the molecule is NC=NC(N)=Nc1ccc(F)c(Cl)c1. The van der Waals surface area contributed by atoms with E-state index in [2.05, 4.69) is 9.98 Å². The van der Waals surface area contributed by atoms with Gasteiger partial charge in [-0.05, 0) is 18.2 Å². The fourth-order valence-corrected chi connectivity index (χ4v) is 0.967. The topological polar surface area (TPSA) is 76.8 Å². The van der Waals surface area contributed by atoms with Crippen LogP contribution in [0.4, 0.5) is 10.1 Å². The van der Waals surface area contributed by atoms with Crippen LogP contribution in [0.15, 0.2) is 28.2 Å². The van der Waals surface area contributed by atoms with Gasteiger partial charge in [0, 0.05) is 0 Å². The first-order valence-corrected chi connectivity index (χ1v) is 4.04. The van der Waals surface area contributed by atoms with Crippen LogP contribution in [0.25, 0.3) is 0 Å². The molecular formula is C8H8ClFN4. The zero-order valence-electron chi connectivity index (χ0n) is 7.11. The number of rotatable bonds is 1. The molecule has 4 nitrogen and oxygen atoms in total. The van der Waals surface area contributed by atoms with Gasteiger partial charge in [-0.3, -0.25) is 0 Å². The van der Waals surface area contributed by atoms with Crippen LogP contribution in [-0.2, 0) is 0 Å². The third kappa shape index (κ3) is 2.70. The molecule has 1 rings (SSSR count). The first-order chi connectivity index (χ1) is 6.63. The molecule has 0 radical (unpaired) electrons. The van der Waals surface area contributed by atoms with Gasteiger partial charge in [-0.25, -0.2) is 14.4 Å². The Morgan fingerprint density at radius 2 is 2.21 bits per heavy atom. The van der Waals surface area contributed by atoms with Crippen molar-refractivity contribution < 1.29 is 4.39 Å². The Balaban J connectivity index is 2.98. The summed E-state index contributed by atoms with van der Waals surface area (Å²) in [5.41, 5.74) is 10.8. The highest BCUT2D eigenvalue weighted by Gasteiger charge is 1.99. The summed E-state index contributed by atoms with van der Waals surface area (Å²) in [6.07, 6.45) is 1.02. The molecular weight excluding hydrogens is 207 g/mol. The predicted octanol–water partition coefficient (Wildman–Crippen LogP) is 1.41. The molecule has 0 aromatic heterocycles. The second-order valence-corrected chi connectivity index (χ2v) is 2.75. The lowest BCUT2D eigenvalue weighted by atomic mass is 10.3. The minimum Gasteiger partial charge on any atom is -0.390 e. The zero-order chi connectivity index (χ0) is 10.6. The molecule has 0 saturated heterocycles. The van der Waals surface area contributed by atoms with Gasteiger partial charge in [0.1, 0.15) is 5.82 Å². The number of halogens is 2. The molecule has 0 aliphatic carbocycles. The van der Waals surface area contributed by atoms with Crippen molar-refractivity contribution in [3.8, 4) is 0 Å². The summed E-state index contributed by atoms with van der Waals surface area (Å²) < 4.78 is 12.7. The van der Waals surface area contributed by atoms with E-state index in [0.717, 1.165) is 6.34 Å². The summed E-state index contributed by atoms with van der Waals surface area (Å²) in [4.78, 5) is 7.33. The second kappa shape index (κ2) is 4.57. The molecule has 74 valence electrons. The Morgan fingerprint density at radius 1 is 1.50 bits per heavy atom. The smallest absolute Gasteiger partial charge is 0.221 e. The molecule has 0 fully saturated rings. The summed E-state index contributed by atoms with van der Waals surface area (Å²) in [5.74, 6) is -0.526. The van der Waals surface area contributed by atoms with Gasteiger partial charge >= 0.3 is 0 Å². The van der Waals surface area contributed by atoms with E-state index in [4.69, 9.17) is 23.1 Å². The number of hydrogen-bond acceptors (Lipinski definition) is 1. The lowest BCUT2D eigenvalue weighted by Gasteiger charge is -1.96. The van der Waals surface area contributed by atoms with Crippen molar-refractivity contribution in [2.45, 2.75) is 0 Å². The molecule has 0 spiro atoms. The van der Waals surface area contributed by atoms with E-state index in [1.54, 1.807) is 0 Å². The van der Waals surface area contributed by atoms with E-state index in [9.17, 15) is 4.39 Å². The van der Waals surface area contributed by atoms with Gasteiger partial charge in [-0.2, -0.15) is 0 Å². The maximum atomic E-state index is 12.7. The summed E-state index contributed by atoms with van der Waals surface area (Å²) in [6.45, 7) is 0. The lowest BCUT2D eigenvalue weighted by Crippen LogP contribution is -2.09. The van der Waals surface area contributed by atoms with E-state index >= 15 is 0 Å². The quantitative estimate of drug-likeness (QED) is 0.548. The van der Waals surface area contributed by atoms with Crippen LogP contribution in [0.1, 0.15) is 0 Å². The summed E-state index contributed by atoms with van der Waals surface area (Å²) in [6, 6.07) is 3.97. The predicted molar refractivity (Wildman–Crippen MR) is 55.4 cm³/mol. The molecule has 0 atom stereocenters. The van der Waals surface area contributed by atoms with Crippen LogP contribution in [0.5, 0.6) is 0 Å². The van der Waals surface area contributed by atoms with E-state index in [1.165, 1.54) is 18.2 Å². The minimum absolute atomic E-state index is 0.0178. The molecule has 1 aromatic rings. The van der Waals surface area contributed by atoms with E-state index in [0.29, 0.717) is 5.69 Å². The number of guanidine groups is 1. The first kappa shape index (κ1) is 10.5. The fourth-order valence-electron chi connectivity index (χ4n) is 0.792. The molecule has 1 aromatic carbocycles. The Hall–Kier alpha value is -1.62. The number of benzene rings is 1. The van der Waals surface area contributed by atoms with E-state index < -0.39 is 5.82 Å². The molecule has 0 unspecified atom stereocenters. The molecule has 0 saturated carbocycles. The van der Waals surface area contributed by atoms with Crippen molar-refractivity contribution in [3.05, 3.63) is 29.0 Å². The van der Waals surface area contributed by atoms with Crippen LogP contribution in [0.3, 0.4) is 0 Å². The highest BCUT2D eigenvalue weighted by Crippen LogP contribution is 2.21. The van der Waals surface area contributed by atoms with Crippen molar-refractivity contribution in [2.24, 2.45) is 21.5 Å². The second-order valence-electron chi connectivity index (χ2n) is 2.35. The number of aliphatic imine (C=N–C) groups is 2. The lowest BCUT2D eigenvalue weighted by molar-refractivity contribution is 0.628. The monoisotopic (exact) mass is 214 g/mol. The highest BCUT2D eigenvalue weighted by atomic mass is 35.5. The molecule has 0 bridgehead atoms. The summed E-state index contributed by atoms with van der Waals surface area (Å²) in [5, 5.41) is -0.0178. The Kier molecular flexibility index (Phi) is 3.41. The highest BCUT2D eigenvalue weighted by molar-refractivity contribution is 6.31. The Bertz CT molecular complexity index is 389. The third-order valence-corrected chi connectivity index (χ3v) is 1.64. The van der Waals surface area contributed by atoms with Gasteiger partial charge in [0.15, 0.2) is 0 Å². The van der Waals surface area contributed by atoms with Gasteiger partial charge in [-0.15, -0.1) is 0 Å². The average molecular weight is 215 g/mol. The molecule has 0 aliphatic rings. The number of nitrogens with zero attached hydrogens (tertiary/aromatic N) is 2. The van der Waals surface area contributed by atoms with Crippen LogP contribution in [-0.4, -0.2) is 12.3 Å². The minimum atomic E-state index is -0.508. The van der Waals surface area contributed by atoms with Gasteiger partial charge in [0.2, 0.25) is 5.96 Å². The molecule has 6 heteroatoms. The summed E-state index contributed by atoms with van der Waals surface area (Å²) >= 11 is 5.53. The molecule has 0 amide bonds. The first-order valence-electron chi connectivity index (χ1n) is 3.67. The van der Waals surface area contributed by atoms with E-state index in [1.807, 2.05) is 0 Å². The van der Waals surface area contributed by atoms with Crippen molar-refractivity contribution in [3.63, 3.8) is 0 Å². The maximum absolute atomic E-state index is 12.7. The van der Waals surface area contributed by atoms with Gasteiger partial charge in [-0.1, -0.05) is 11.6 Å². The van der Waals surface area contributed by atoms with Gasteiger partial charge in [0.05, 0.1) is 17.0 Å². The third-order valence-electron chi connectivity index (χ3n) is 1.35. The van der Waals surface area contributed by atoms with Crippen molar-refractivity contribution >= 4 is 29.6 Å². The van der Waals surface area contributed by atoms with Crippen LogP contribution in [0.2, 0.25) is 5.02 Å². The van der Waals surface area contributed by atoms with Crippen LogP contribution < -0.4 is 11.5 Å². The molecule has 14 heavy (non-hydrogen) atoms. The van der Waals surface area contributed by atoms with Crippen molar-refractivity contribution in [1.29, 1.82) is 0 Å². The summed E-state index contributed by atoms with van der Waals surface area (Å²) in [7, 11) is 0. The maximum Gasteiger partial charge on any atom is 0.221 e. The Labute approximate surface area is 85.1 Å². The molecule has 0 aliphatic heterocycles. The number of nitrogens with two attached hydrogens (primary N) is 2. The standard InChI is InChI=1S/C8H8ClFN4/c9-6-3-5(1-2-7(6)10)14-8(12)13-4-11/h1-4H,(H4,11,12,13,14). The van der Waals surface area contributed by atoms with Gasteiger partial charge in [0.25, 0.3) is 0 Å². The number of hydrogen-bond donors (Lipinski definition) is 2. The van der Waals surface area contributed by atoms with Crippen molar-refractivity contribution in [1.82, 2.24) is 0 Å².